The summed E-state index contributed by atoms with van der Waals surface area (Å²) in [5.41, 5.74) is 0. The first-order chi connectivity index (χ1) is 9.15. The molecule has 0 aromatic heterocycles. The van der Waals surface area contributed by atoms with Gasteiger partial charge < -0.3 is 5.32 Å². The number of carbonyl (C=O) groups is 2. The summed E-state index contributed by atoms with van der Waals surface area (Å²) in [6.45, 7) is 4.41. The van der Waals surface area contributed by atoms with Gasteiger partial charge in [0.05, 0.1) is 12.6 Å². The number of likely N-dealkylation sites (tertiary alicyclic amines) is 1. The molecule has 0 spiro atoms. The molecule has 1 aliphatic carbocycles. The molecular weight excluding hydrogens is 242 g/mol. The summed E-state index contributed by atoms with van der Waals surface area (Å²) >= 11 is 0. The number of carbonyl (C=O) groups excluding carboxylic acids is 2. The maximum Gasteiger partial charge on any atom is 0.324 e. The van der Waals surface area contributed by atoms with Gasteiger partial charge in [0.2, 0.25) is 5.91 Å². The third kappa shape index (κ3) is 2.48. The molecule has 0 aromatic carbocycles. The third-order valence-electron chi connectivity index (χ3n) is 4.94. The molecule has 1 atom stereocenters. The van der Waals surface area contributed by atoms with Crippen LogP contribution in [0.5, 0.6) is 0 Å². The summed E-state index contributed by atoms with van der Waals surface area (Å²) in [5, 5.41) is 2.62. The summed E-state index contributed by atoms with van der Waals surface area (Å²) in [6.07, 6.45) is 6.11. The van der Waals surface area contributed by atoms with Crippen LogP contribution in [0.3, 0.4) is 0 Å². The second-order valence-corrected chi connectivity index (χ2v) is 6.27. The largest absolute Gasteiger partial charge is 0.329 e. The molecule has 0 bridgehead atoms. The molecule has 3 fully saturated rings. The summed E-state index contributed by atoms with van der Waals surface area (Å²) in [5.74, 6) is 0.801. The van der Waals surface area contributed by atoms with E-state index >= 15 is 0 Å². The van der Waals surface area contributed by atoms with Crippen molar-refractivity contribution in [2.45, 2.75) is 51.1 Å². The Morgan fingerprint density at radius 2 is 1.79 bits per heavy atom. The van der Waals surface area contributed by atoms with E-state index in [0.717, 1.165) is 25.4 Å². The summed E-state index contributed by atoms with van der Waals surface area (Å²) in [4.78, 5) is 27.3. The first-order valence-electron chi connectivity index (χ1n) is 7.49. The number of nitrogens with zero attached hydrogens (tertiary/aromatic N) is 2. The van der Waals surface area contributed by atoms with Crippen molar-refractivity contribution in [3.8, 4) is 0 Å². The predicted octanol–water partition coefficient (Wildman–Crippen LogP) is 1.19. The molecule has 19 heavy (non-hydrogen) atoms. The average molecular weight is 265 g/mol. The van der Waals surface area contributed by atoms with Crippen LogP contribution in [0.4, 0.5) is 4.79 Å². The Kier molecular flexibility index (Phi) is 3.48. The van der Waals surface area contributed by atoms with Crippen LogP contribution in [-0.4, -0.2) is 53.5 Å². The van der Waals surface area contributed by atoms with E-state index in [1.54, 1.807) is 0 Å². The molecule has 3 rings (SSSR count). The van der Waals surface area contributed by atoms with Crippen molar-refractivity contribution in [3.05, 3.63) is 0 Å². The Labute approximate surface area is 114 Å². The minimum atomic E-state index is -0.200. The molecule has 5 heteroatoms. The fourth-order valence-corrected chi connectivity index (χ4v) is 3.72. The number of hydrogen-bond donors (Lipinski definition) is 1. The average Bonchev–Trinajstić information content (AvgIpc) is 2.98. The Bertz CT molecular complexity index is 361. The van der Waals surface area contributed by atoms with Crippen LogP contribution in [0.1, 0.15) is 39.0 Å². The van der Waals surface area contributed by atoms with Crippen molar-refractivity contribution in [1.29, 1.82) is 0 Å². The number of amides is 3. The number of rotatable bonds is 2. The molecule has 106 valence electrons. The van der Waals surface area contributed by atoms with E-state index in [2.05, 4.69) is 17.1 Å². The van der Waals surface area contributed by atoms with Gasteiger partial charge in [-0.1, -0.05) is 6.92 Å². The van der Waals surface area contributed by atoms with Crippen molar-refractivity contribution in [2.24, 2.45) is 5.92 Å². The van der Waals surface area contributed by atoms with Crippen molar-refractivity contribution in [1.82, 2.24) is 15.1 Å². The van der Waals surface area contributed by atoms with Crippen molar-refractivity contribution in [3.63, 3.8) is 0 Å². The Morgan fingerprint density at radius 1 is 1.05 bits per heavy atom. The zero-order chi connectivity index (χ0) is 13.4. The standard InChI is InChI=1S/C14H23N3O2/c1-10-2-4-11(5-3-10)16-7-6-12(9-16)17-13(18)8-15-14(17)19/h10-12H,2-9H2,1H3,(H,15,19). The zero-order valence-corrected chi connectivity index (χ0v) is 11.6. The van der Waals surface area contributed by atoms with Crippen LogP contribution in [0, 0.1) is 5.92 Å². The van der Waals surface area contributed by atoms with E-state index < -0.39 is 0 Å². The van der Waals surface area contributed by atoms with Gasteiger partial charge in [-0.05, 0) is 38.0 Å². The smallest absolute Gasteiger partial charge is 0.324 e. The van der Waals surface area contributed by atoms with Gasteiger partial charge in [-0.25, -0.2) is 4.79 Å². The van der Waals surface area contributed by atoms with Gasteiger partial charge in [0.25, 0.3) is 0 Å². The molecule has 1 N–H and O–H groups in total. The lowest BCUT2D eigenvalue weighted by molar-refractivity contribution is -0.126. The fourth-order valence-electron chi connectivity index (χ4n) is 3.72. The minimum Gasteiger partial charge on any atom is -0.329 e. The highest BCUT2D eigenvalue weighted by molar-refractivity contribution is 6.02. The Morgan fingerprint density at radius 3 is 2.42 bits per heavy atom. The molecule has 5 nitrogen and oxygen atoms in total. The van der Waals surface area contributed by atoms with Gasteiger partial charge in [-0.2, -0.15) is 0 Å². The molecule has 0 radical (unpaired) electrons. The molecule has 2 saturated heterocycles. The second-order valence-electron chi connectivity index (χ2n) is 6.27. The topological polar surface area (TPSA) is 52.6 Å². The van der Waals surface area contributed by atoms with Gasteiger partial charge in [-0.3, -0.25) is 14.6 Å². The molecule has 3 aliphatic rings. The lowest BCUT2D eigenvalue weighted by Gasteiger charge is -2.33. The van der Waals surface area contributed by atoms with E-state index in [-0.39, 0.29) is 24.5 Å². The maximum absolute atomic E-state index is 11.7. The van der Waals surface area contributed by atoms with Crippen LogP contribution >= 0.6 is 0 Å². The van der Waals surface area contributed by atoms with Gasteiger partial charge in [-0.15, -0.1) is 0 Å². The molecule has 1 saturated carbocycles. The van der Waals surface area contributed by atoms with Crippen LogP contribution in [0.25, 0.3) is 0 Å². The lowest BCUT2D eigenvalue weighted by Crippen LogP contribution is -2.44. The molecular formula is C14H23N3O2. The van der Waals surface area contributed by atoms with Crippen LogP contribution in [0.2, 0.25) is 0 Å². The monoisotopic (exact) mass is 265 g/mol. The quantitative estimate of drug-likeness (QED) is 0.763. The normalized spacial score (nSPS) is 36.9. The molecule has 0 aromatic rings. The number of imide groups is 1. The van der Waals surface area contributed by atoms with E-state index in [0.29, 0.717) is 6.04 Å². The van der Waals surface area contributed by atoms with E-state index in [1.165, 1.54) is 30.6 Å². The third-order valence-corrected chi connectivity index (χ3v) is 4.94. The van der Waals surface area contributed by atoms with Crippen molar-refractivity contribution >= 4 is 11.9 Å². The highest BCUT2D eigenvalue weighted by Gasteiger charge is 2.40. The first-order valence-corrected chi connectivity index (χ1v) is 7.49. The van der Waals surface area contributed by atoms with E-state index in [9.17, 15) is 9.59 Å². The highest BCUT2D eigenvalue weighted by atomic mass is 16.2. The fraction of sp³-hybridized carbons (Fsp3) is 0.857. The minimum absolute atomic E-state index is 0.0610. The van der Waals surface area contributed by atoms with E-state index in [4.69, 9.17) is 0 Å². The first kappa shape index (κ1) is 12.9. The lowest BCUT2D eigenvalue weighted by atomic mass is 9.87. The number of hydrogen-bond acceptors (Lipinski definition) is 3. The zero-order valence-electron chi connectivity index (χ0n) is 11.6. The van der Waals surface area contributed by atoms with Gasteiger partial charge in [0.15, 0.2) is 0 Å². The predicted molar refractivity (Wildman–Crippen MR) is 71.6 cm³/mol. The second kappa shape index (κ2) is 5.12. The molecule has 1 unspecified atom stereocenters. The van der Waals surface area contributed by atoms with Crippen LogP contribution < -0.4 is 5.32 Å². The molecule has 2 heterocycles. The Balaban J connectivity index is 1.58. The molecule has 3 amide bonds. The van der Waals surface area contributed by atoms with Gasteiger partial charge >= 0.3 is 6.03 Å². The SMILES string of the molecule is CC1CCC(N2CCC(N3C(=O)CNC3=O)C2)CC1. The number of nitrogens with one attached hydrogen (secondary N) is 1. The maximum atomic E-state index is 11.7. The van der Waals surface area contributed by atoms with Crippen LogP contribution in [-0.2, 0) is 4.79 Å². The number of urea groups is 1. The molecule has 2 aliphatic heterocycles. The van der Waals surface area contributed by atoms with E-state index in [1.807, 2.05) is 0 Å². The van der Waals surface area contributed by atoms with Gasteiger partial charge in [0, 0.05) is 19.1 Å². The summed E-state index contributed by atoms with van der Waals surface area (Å²) in [6, 6.07) is 0.561. The summed E-state index contributed by atoms with van der Waals surface area (Å²) in [7, 11) is 0. The van der Waals surface area contributed by atoms with Gasteiger partial charge in [0.1, 0.15) is 0 Å². The van der Waals surface area contributed by atoms with Crippen molar-refractivity contribution in [2.75, 3.05) is 19.6 Å². The highest BCUT2D eigenvalue weighted by Crippen LogP contribution is 2.30. The van der Waals surface area contributed by atoms with Crippen molar-refractivity contribution < 1.29 is 9.59 Å². The summed E-state index contributed by atoms with van der Waals surface area (Å²) < 4.78 is 0. The van der Waals surface area contributed by atoms with Crippen LogP contribution in [0.15, 0.2) is 0 Å². The Hall–Kier alpha value is -1.10.